The molecule has 0 aliphatic carbocycles. The smallest absolute Gasteiger partial charge is 0.305 e. The summed E-state index contributed by atoms with van der Waals surface area (Å²) in [5, 5.41) is 10.5. The SMILES string of the molecule is CCOC(=O)CCCCCCNS(=O)(=O)CCCCC(O)COc1ccccc1Cl. The van der Waals surface area contributed by atoms with Crippen LogP contribution in [0.1, 0.15) is 58.3 Å². The van der Waals surface area contributed by atoms with Crippen molar-refractivity contribution in [2.75, 3.05) is 25.5 Å². The highest BCUT2D eigenvalue weighted by molar-refractivity contribution is 7.89. The molecule has 0 aliphatic rings. The number of halogens is 1. The van der Waals surface area contributed by atoms with Gasteiger partial charge >= 0.3 is 5.97 Å². The topological polar surface area (TPSA) is 102 Å². The Hall–Kier alpha value is -1.35. The predicted octanol–water partition coefficient (Wildman–Crippen LogP) is 3.68. The number of esters is 1. The molecule has 0 saturated heterocycles. The van der Waals surface area contributed by atoms with E-state index in [0.717, 1.165) is 25.7 Å². The molecule has 0 aromatic heterocycles. The van der Waals surface area contributed by atoms with E-state index in [1.165, 1.54) is 0 Å². The zero-order valence-corrected chi connectivity index (χ0v) is 19.2. The maximum absolute atomic E-state index is 12.0. The molecule has 0 bridgehead atoms. The van der Waals surface area contributed by atoms with Crippen LogP contribution in [0, 0.1) is 0 Å². The van der Waals surface area contributed by atoms with Gasteiger partial charge in [-0.25, -0.2) is 13.1 Å². The summed E-state index contributed by atoms with van der Waals surface area (Å²) in [5.74, 6) is 0.373. The minimum atomic E-state index is -3.31. The second-order valence-electron chi connectivity index (χ2n) is 7.07. The van der Waals surface area contributed by atoms with Crippen molar-refractivity contribution in [1.82, 2.24) is 4.72 Å². The number of sulfonamides is 1. The van der Waals surface area contributed by atoms with Gasteiger partial charge in [-0.1, -0.05) is 36.6 Å². The van der Waals surface area contributed by atoms with E-state index in [1.54, 1.807) is 31.2 Å². The number of ether oxygens (including phenoxy) is 2. The summed E-state index contributed by atoms with van der Waals surface area (Å²) in [5.41, 5.74) is 0. The van der Waals surface area contributed by atoms with Crippen LogP contribution in [-0.2, 0) is 19.6 Å². The van der Waals surface area contributed by atoms with Gasteiger partial charge in [0.1, 0.15) is 12.4 Å². The van der Waals surface area contributed by atoms with Crippen molar-refractivity contribution in [2.45, 2.75) is 64.4 Å². The Balaban J connectivity index is 2.04. The van der Waals surface area contributed by atoms with Gasteiger partial charge in [0.05, 0.1) is 23.5 Å². The van der Waals surface area contributed by atoms with Crippen LogP contribution in [0.5, 0.6) is 5.75 Å². The van der Waals surface area contributed by atoms with E-state index in [-0.39, 0.29) is 18.3 Å². The van der Waals surface area contributed by atoms with E-state index in [9.17, 15) is 18.3 Å². The lowest BCUT2D eigenvalue weighted by Gasteiger charge is -2.13. The average molecular weight is 464 g/mol. The third-order valence-corrected chi connectivity index (χ3v) is 6.19. The number of para-hydroxylation sites is 1. The Morgan fingerprint density at radius 2 is 1.87 bits per heavy atom. The maximum atomic E-state index is 12.0. The first-order chi connectivity index (χ1) is 14.3. The van der Waals surface area contributed by atoms with Gasteiger partial charge in [0.25, 0.3) is 0 Å². The van der Waals surface area contributed by atoms with Gasteiger partial charge in [-0.2, -0.15) is 0 Å². The van der Waals surface area contributed by atoms with E-state index in [0.29, 0.717) is 49.6 Å². The summed E-state index contributed by atoms with van der Waals surface area (Å²) >= 11 is 5.99. The molecule has 9 heteroatoms. The summed E-state index contributed by atoms with van der Waals surface area (Å²) < 4.78 is 36.9. The Bertz CT molecular complexity index is 713. The molecule has 172 valence electrons. The molecule has 1 unspecified atom stereocenters. The van der Waals surface area contributed by atoms with Crippen molar-refractivity contribution >= 4 is 27.6 Å². The van der Waals surface area contributed by atoms with Crippen LogP contribution in [0.25, 0.3) is 0 Å². The molecule has 30 heavy (non-hydrogen) atoms. The first-order valence-corrected chi connectivity index (χ1v) is 12.6. The number of benzene rings is 1. The highest BCUT2D eigenvalue weighted by Gasteiger charge is 2.11. The molecule has 0 saturated carbocycles. The first kappa shape index (κ1) is 26.7. The Morgan fingerprint density at radius 1 is 1.13 bits per heavy atom. The van der Waals surface area contributed by atoms with E-state index in [2.05, 4.69) is 4.72 Å². The Labute approximate surface area is 185 Å². The van der Waals surface area contributed by atoms with Crippen molar-refractivity contribution in [2.24, 2.45) is 0 Å². The van der Waals surface area contributed by atoms with Gasteiger partial charge in [-0.05, 0) is 51.2 Å². The van der Waals surface area contributed by atoms with Crippen molar-refractivity contribution in [1.29, 1.82) is 0 Å². The number of nitrogens with one attached hydrogen (secondary N) is 1. The van der Waals surface area contributed by atoms with E-state index < -0.39 is 16.1 Å². The number of hydrogen-bond donors (Lipinski definition) is 2. The molecule has 2 N–H and O–H groups in total. The Kier molecular flexibility index (Phi) is 13.7. The number of aliphatic hydroxyl groups is 1. The summed E-state index contributed by atoms with van der Waals surface area (Å²) in [7, 11) is -3.31. The Morgan fingerprint density at radius 3 is 2.60 bits per heavy atom. The van der Waals surface area contributed by atoms with Crippen LogP contribution < -0.4 is 9.46 Å². The summed E-state index contributed by atoms with van der Waals surface area (Å²) in [6.45, 7) is 2.69. The normalized spacial score (nSPS) is 12.5. The fourth-order valence-corrected chi connectivity index (χ4v) is 4.16. The predicted molar refractivity (Wildman–Crippen MR) is 118 cm³/mol. The van der Waals surface area contributed by atoms with E-state index >= 15 is 0 Å². The van der Waals surface area contributed by atoms with Crippen LogP contribution in [0.4, 0.5) is 0 Å². The van der Waals surface area contributed by atoms with Crippen molar-refractivity contribution in [3.63, 3.8) is 0 Å². The number of carbonyl (C=O) groups is 1. The molecule has 1 aromatic carbocycles. The van der Waals surface area contributed by atoms with Crippen molar-refractivity contribution < 1.29 is 27.8 Å². The third-order valence-electron chi connectivity index (χ3n) is 4.40. The van der Waals surface area contributed by atoms with Gasteiger partial charge in [0.2, 0.25) is 10.0 Å². The number of unbranched alkanes of at least 4 members (excludes halogenated alkanes) is 4. The molecule has 0 fully saturated rings. The van der Waals surface area contributed by atoms with Gasteiger partial charge < -0.3 is 14.6 Å². The molecule has 1 rings (SSSR count). The summed E-state index contributed by atoms with van der Waals surface area (Å²) in [4.78, 5) is 11.2. The zero-order valence-electron chi connectivity index (χ0n) is 17.6. The summed E-state index contributed by atoms with van der Waals surface area (Å²) in [6.07, 6.45) is 4.48. The second kappa shape index (κ2) is 15.5. The van der Waals surface area contributed by atoms with Gasteiger partial charge in [0, 0.05) is 13.0 Å². The monoisotopic (exact) mass is 463 g/mol. The average Bonchev–Trinajstić information content (AvgIpc) is 2.70. The maximum Gasteiger partial charge on any atom is 0.305 e. The van der Waals surface area contributed by atoms with Gasteiger partial charge in [-0.15, -0.1) is 0 Å². The molecule has 1 atom stereocenters. The highest BCUT2D eigenvalue weighted by Crippen LogP contribution is 2.23. The fraction of sp³-hybridized carbons (Fsp3) is 0.667. The molecule has 0 amide bonds. The van der Waals surface area contributed by atoms with E-state index in [1.807, 2.05) is 0 Å². The molecule has 1 aromatic rings. The molecule has 0 heterocycles. The van der Waals surface area contributed by atoms with E-state index in [4.69, 9.17) is 21.1 Å². The lowest BCUT2D eigenvalue weighted by atomic mass is 10.1. The van der Waals surface area contributed by atoms with Gasteiger partial charge in [-0.3, -0.25) is 4.79 Å². The largest absolute Gasteiger partial charge is 0.489 e. The lowest BCUT2D eigenvalue weighted by molar-refractivity contribution is -0.143. The van der Waals surface area contributed by atoms with Crippen molar-refractivity contribution in [3.8, 4) is 5.75 Å². The molecular weight excluding hydrogens is 430 g/mol. The number of aliphatic hydroxyl groups excluding tert-OH is 1. The van der Waals surface area contributed by atoms with Crippen LogP contribution in [0.2, 0.25) is 5.02 Å². The second-order valence-corrected chi connectivity index (χ2v) is 9.41. The van der Waals surface area contributed by atoms with Crippen LogP contribution >= 0.6 is 11.6 Å². The number of rotatable bonds is 17. The third kappa shape index (κ3) is 13.1. The molecule has 7 nitrogen and oxygen atoms in total. The lowest BCUT2D eigenvalue weighted by Crippen LogP contribution is -2.27. The number of hydrogen-bond acceptors (Lipinski definition) is 6. The van der Waals surface area contributed by atoms with Gasteiger partial charge in [0.15, 0.2) is 0 Å². The van der Waals surface area contributed by atoms with Crippen LogP contribution in [0.3, 0.4) is 0 Å². The molecular formula is C21H34ClNO6S. The summed E-state index contributed by atoms with van der Waals surface area (Å²) in [6, 6.07) is 7.04. The standard InChI is InChI=1S/C21H34ClNO6S/c1-2-28-21(25)14-5-3-4-9-15-23-30(26,27)16-10-8-11-18(24)17-29-20-13-7-6-12-19(20)22/h6-7,12-13,18,23-24H,2-5,8-11,14-17H2,1H3. The quantitative estimate of drug-likeness (QED) is 0.270. The fourth-order valence-electron chi connectivity index (χ4n) is 2.78. The molecule has 0 spiro atoms. The zero-order chi connectivity index (χ0) is 22.2. The molecule has 0 aliphatic heterocycles. The number of carbonyl (C=O) groups excluding carboxylic acids is 1. The van der Waals surface area contributed by atoms with Crippen LogP contribution in [-0.4, -0.2) is 51.1 Å². The van der Waals surface area contributed by atoms with Crippen molar-refractivity contribution in [3.05, 3.63) is 29.3 Å². The highest BCUT2D eigenvalue weighted by atomic mass is 35.5. The molecule has 0 radical (unpaired) electrons. The van der Waals surface area contributed by atoms with Crippen LogP contribution in [0.15, 0.2) is 24.3 Å². The minimum Gasteiger partial charge on any atom is -0.489 e. The first-order valence-electron chi connectivity index (χ1n) is 10.5. The minimum absolute atomic E-state index is 0.0357.